The van der Waals surface area contributed by atoms with Crippen molar-refractivity contribution in [1.29, 1.82) is 0 Å². The van der Waals surface area contributed by atoms with Crippen molar-refractivity contribution in [2.45, 2.75) is 37.1 Å². The van der Waals surface area contributed by atoms with Crippen LogP contribution in [0, 0.1) is 0 Å². The minimum atomic E-state index is -3.56. The molecule has 0 aliphatic carbocycles. The van der Waals surface area contributed by atoms with Crippen LogP contribution in [-0.4, -0.2) is 43.5 Å². The van der Waals surface area contributed by atoms with Gasteiger partial charge in [0.25, 0.3) is 5.91 Å². The van der Waals surface area contributed by atoms with E-state index in [1.165, 1.54) is 35.5 Å². The second-order valence-electron chi connectivity index (χ2n) is 7.51. The maximum Gasteiger partial charge on any atom is 0.269 e. The van der Waals surface area contributed by atoms with E-state index in [-0.39, 0.29) is 22.8 Å². The van der Waals surface area contributed by atoms with Crippen molar-refractivity contribution >= 4 is 27.7 Å². The summed E-state index contributed by atoms with van der Waals surface area (Å²) in [6.07, 6.45) is 1.61. The zero-order chi connectivity index (χ0) is 23.1. The molecule has 9 nitrogen and oxygen atoms in total. The highest BCUT2D eigenvalue weighted by atomic mass is 32.2. The Morgan fingerprint density at radius 2 is 1.56 bits per heavy atom. The van der Waals surface area contributed by atoms with Crippen molar-refractivity contribution in [2.75, 3.05) is 13.1 Å². The van der Waals surface area contributed by atoms with E-state index in [1.807, 2.05) is 6.07 Å². The molecule has 0 radical (unpaired) electrons. The molecule has 0 saturated carbocycles. The van der Waals surface area contributed by atoms with Gasteiger partial charge in [-0.05, 0) is 42.7 Å². The quantitative estimate of drug-likeness (QED) is 0.543. The highest BCUT2D eigenvalue weighted by Crippen LogP contribution is 2.21. The van der Waals surface area contributed by atoms with Gasteiger partial charge < -0.3 is 5.32 Å². The summed E-state index contributed by atoms with van der Waals surface area (Å²) in [5.74, 6) is -1.35. The molecule has 3 rings (SSSR count). The Morgan fingerprint density at radius 3 is 2.16 bits per heavy atom. The van der Waals surface area contributed by atoms with Gasteiger partial charge in [-0.15, -0.1) is 0 Å². The van der Waals surface area contributed by atoms with Gasteiger partial charge in [0.15, 0.2) is 0 Å². The number of carbonyl (C=O) groups excluding carboxylic acids is 3. The largest absolute Gasteiger partial charge is 0.349 e. The van der Waals surface area contributed by atoms with E-state index in [4.69, 9.17) is 0 Å². The highest BCUT2D eigenvalue weighted by Gasteiger charge is 2.27. The van der Waals surface area contributed by atoms with Crippen LogP contribution < -0.4 is 16.2 Å². The minimum Gasteiger partial charge on any atom is -0.349 e. The van der Waals surface area contributed by atoms with Gasteiger partial charge in [0, 0.05) is 25.6 Å². The van der Waals surface area contributed by atoms with E-state index in [9.17, 15) is 22.8 Å². The van der Waals surface area contributed by atoms with Crippen LogP contribution >= 0.6 is 0 Å². The predicted molar refractivity (Wildman–Crippen MR) is 118 cm³/mol. The van der Waals surface area contributed by atoms with Crippen LogP contribution in [0.4, 0.5) is 0 Å². The SMILES string of the molecule is CC(=O)NC(CC(=O)NNC(=O)c1ccc(S(=O)(=O)N2CCCC2)cc1)c1ccccc1. The van der Waals surface area contributed by atoms with Gasteiger partial charge in [0.05, 0.1) is 17.4 Å². The molecule has 1 aliphatic rings. The summed E-state index contributed by atoms with van der Waals surface area (Å²) in [5, 5.41) is 2.72. The molecule has 170 valence electrons. The molecule has 1 heterocycles. The molecule has 1 aliphatic heterocycles. The Labute approximate surface area is 187 Å². The van der Waals surface area contributed by atoms with E-state index < -0.39 is 27.9 Å². The number of carbonyl (C=O) groups is 3. The number of benzene rings is 2. The molecule has 1 atom stereocenters. The zero-order valence-electron chi connectivity index (χ0n) is 17.7. The number of nitrogens with zero attached hydrogens (tertiary/aromatic N) is 1. The average Bonchev–Trinajstić information content (AvgIpc) is 3.33. The van der Waals surface area contributed by atoms with E-state index in [2.05, 4.69) is 16.2 Å². The van der Waals surface area contributed by atoms with Gasteiger partial charge in [-0.3, -0.25) is 25.2 Å². The molecule has 0 bridgehead atoms. The molecule has 2 aromatic rings. The van der Waals surface area contributed by atoms with Crippen molar-refractivity contribution in [1.82, 2.24) is 20.5 Å². The third-order valence-corrected chi connectivity index (χ3v) is 7.02. The maximum atomic E-state index is 12.6. The third kappa shape index (κ3) is 5.92. The Morgan fingerprint density at radius 1 is 0.938 bits per heavy atom. The lowest BCUT2D eigenvalue weighted by molar-refractivity contribution is -0.123. The number of hydrogen-bond donors (Lipinski definition) is 3. The number of hydrogen-bond acceptors (Lipinski definition) is 5. The summed E-state index contributed by atoms with van der Waals surface area (Å²) in [5.41, 5.74) is 5.60. The number of amides is 3. The first-order valence-corrected chi connectivity index (χ1v) is 11.7. The van der Waals surface area contributed by atoms with E-state index >= 15 is 0 Å². The van der Waals surface area contributed by atoms with Gasteiger partial charge in [-0.2, -0.15) is 4.31 Å². The first kappa shape index (κ1) is 23.4. The monoisotopic (exact) mass is 458 g/mol. The average molecular weight is 459 g/mol. The van der Waals surface area contributed by atoms with Crippen molar-refractivity contribution in [3.63, 3.8) is 0 Å². The fourth-order valence-electron chi connectivity index (χ4n) is 3.47. The van der Waals surface area contributed by atoms with Crippen LogP contribution in [-0.2, 0) is 19.6 Å². The number of rotatable bonds is 7. The maximum absolute atomic E-state index is 12.6. The molecule has 3 N–H and O–H groups in total. The van der Waals surface area contributed by atoms with Crippen LogP contribution in [0.3, 0.4) is 0 Å². The fourth-order valence-corrected chi connectivity index (χ4v) is 4.99. The zero-order valence-corrected chi connectivity index (χ0v) is 18.5. The molecule has 3 amide bonds. The first-order chi connectivity index (χ1) is 15.3. The Kier molecular flexibility index (Phi) is 7.60. The molecular formula is C22H26N4O5S. The third-order valence-electron chi connectivity index (χ3n) is 5.10. The second-order valence-corrected chi connectivity index (χ2v) is 9.44. The van der Waals surface area contributed by atoms with Gasteiger partial charge >= 0.3 is 0 Å². The van der Waals surface area contributed by atoms with E-state index in [0.29, 0.717) is 13.1 Å². The van der Waals surface area contributed by atoms with Crippen LogP contribution in [0.25, 0.3) is 0 Å². The summed E-state index contributed by atoms with van der Waals surface area (Å²) in [7, 11) is -3.56. The highest BCUT2D eigenvalue weighted by molar-refractivity contribution is 7.89. The number of sulfonamides is 1. The van der Waals surface area contributed by atoms with Crippen LogP contribution in [0.2, 0.25) is 0 Å². The van der Waals surface area contributed by atoms with E-state index in [1.54, 1.807) is 24.3 Å². The number of hydrazine groups is 1. The van der Waals surface area contributed by atoms with Gasteiger partial charge in [0.1, 0.15) is 0 Å². The summed E-state index contributed by atoms with van der Waals surface area (Å²) in [4.78, 5) is 36.3. The summed E-state index contributed by atoms with van der Waals surface area (Å²) in [6, 6.07) is 14.0. The van der Waals surface area contributed by atoms with Crippen molar-refractivity contribution < 1.29 is 22.8 Å². The lowest BCUT2D eigenvalue weighted by atomic mass is 10.0. The summed E-state index contributed by atoms with van der Waals surface area (Å²) in [6.45, 7) is 2.36. The Bertz CT molecular complexity index is 1070. The normalized spacial score (nSPS) is 15.0. The van der Waals surface area contributed by atoms with Crippen molar-refractivity contribution in [3.8, 4) is 0 Å². The Balaban J connectivity index is 1.57. The Hall–Kier alpha value is -3.24. The predicted octanol–water partition coefficient (Wildman–Crippen LogP) is 1.50. The van der Waals surface area contributed by atoms with Gasteiger partial charge in [-0.25, -0.2) is 8.42 Å². The van der Waals surface area contributed by atoms with Crippen molar-refractivity contribution in [3.05, 3.63) is 65.7 Å². The minimum absolute atomic E-state index is 0.0725. The molecular weight excluding hydrogens is 432 g/mol. The molecule has 0 aromatic heterocycles. The molecule has 1 fully saturated rings. The van der Waals surface area contributed by atoms with Crippen LogP contribution in [0.15, 0.2) is 59.5 Å². The second kappa shape index (κ2) is 10.4. The molecule has 10 heteroatoms. The number of nitrogens with one attached hydrogen (secondary N) is 3. The molecule has 32 heavy (non-hydrogen) atoms. The summed E-state index contributed by atoms with van der Waals surface area (Å²) >= 11 is 0. The van der Waals surface area contributed by atoms with E-state index in [0.717, 1.165) is 18.4 Å². The fraction of sp³-hybridized carbons (Fsp3) is 0.318. The smallest absolute Gasteiger partial charge is 0.269 e. The van der Waals surface area contributed by atoms with Crippen molar-refractivity contribution in [2.24, 2.45) is 0 Å². The lowest BCUT2D eigenvalue weighted by Gasteiger charge is -2.18. The van der Waals surface area contributed by atoms with Crippen LogP contribution in [0.1, 0.15) is 48.1 Å². The molecule has 1 saturated heterocycles. The van der Waals surface area contributed by atoms with Gasteiger partial charge in [-0.1, -0.05) is 30.3 Å². The van der Waals surface area contributed by atoms with Gasteiger partial charge in [0.2, 0.25) is 21.8 Å². The molecule has 1 unspecified atom stereocenters. The molecule has 0 spiro atoms. The first-order valence-electron chi connectivity index (χ1n) is 10.3. The topological polar surface area (TPSA) is 125 Å². The molecule has 2 aromatic carbocycles. The summed E-state index contributed by atoms with van der Waals surface area (Å²) < 4.78 is 26.6. The standard InChI is InChI=1S/C22H26N4O5S/c1-16(27)23-20(17-7-3-2-4-8-17)15-21(28)24-25-22(29)18-9-11-19(12-10-18)32(30,31)26-13-5-6-14-26/h2-4,7-12,20H,5-6,13-15H2,1H3,(H,23,27)(H,24,28)(H,25,29). The van der Waals surface area contributed by atoms with Crippen LogP contribution in [0.5, 0.6) is 0 Å². The lowest BCUT2D eigenvalue weighted by Crippen LogP contribution is -2.43.